The molecular weight excluding hydrogens is 362 g/mol. The second-order valence-electron chi connectivity index (χ2n) is 7.11. The van der Waals surface area contributed by atoms with Gasteiger partial charge in [-0.3, -0.25) is 14.7 Å². The van der Waals surface area contributed by atoms with E-state index in [2.05, 4.69) is 19.9 Å². The van der Waals surface area contributed by atoms with Crippen molar-refractivity contribution in [3.63, 3.8) is 0 Å². The minimum Gasteiger partial charge on any atom is -0.306 e. The van der Waals surface area contributed by atoms with Gasteiger partial charge in [-0.2, -0.15) is 0 Å². The van der Waals surface area contributed by atoms with E-state index in [9.17, 15) is 13.6 Å². The van der Waals surface area contributed by atoms with Gasteiger partial charge in [0.2, 0.25) is 0 Å². The van der Waals surface area contributed by atoms with Crippen LogP contribution in [0.3, 0.4) is 0 Å². The van der Waals surface area contributed by atoms with Crippen molar-refractivity contribution >= 4 is 0 Å². The number of pyridine rings is 1. The molecule has 28 heavy (non-hydrogen) atoms. The molecule has 0 aliphatic carbocycles. The average molecular weight is 382 g/mol. The maximum Gasteiger partial charge on any atom is 0.251 e. The first-order valence-corrected chi connectivity index (χ1v) is 9.26. The Kier molecular flexibility index (Phi) is 5.25. The molecule has 5 nitrogen and oxygen atoms in total. The molecule has 1 fully saturated rings. The minimum atomic E-state index is -0.569. The number of aromatic amines is 1. The van der Waals surface area contributed by atoms with E-state index in [1.165, 1.54) is 18.2 Å². The van der Waals surface area contributed by atoms with Crippen molar-refractivity contribution in [1.82, 2.24) is 19.9 Å². The van der Waals surface area contributed by atoms with E-state index in [0.29, 0.717) is 24.5 Å². The van der Waals surface area contributed by atoms with Gasteiger partial charge >= 0.3 is 0 Å². The van der Waals surface area contributed by atoms with E-state index >= 15 is 0 Å². The lowest BCUT2D eigenvalue weighted by molar-refractivity contribution is 0.198. The Morgan fingerprint density at radius 2 is 2.00 bits per heavy atom. The molecule has 3 aromatic rings. The fourth-order valence-electron chi connectivity index (χ4n) is 3.73. The van der Waals surface area contributed by atoms with Crippen molar-refractivity contribution in [2.45, 2.75) is 25.3 Å². The van der Waals surface area contributed by atoms with Crippen molar-refractivity contribution in [2.24, 2.45) is 0 Å². The van der Waals surface area contributed by atoms with E-state index in [0.717, 1.165) is 36.7 Å². The largest absolute Gasteiger partial charge is 0.306 e. The van der Waals surface area contributed by atoms with Gasteiger partial charge in [-0.1, -0.05) is 0 Å². The average Bonchev–Trinajstić information content (AvgIpc) is 2.68. The molecule has 1 saturated heterocycles. The van der Waals surface area contributed by atoms with Crippen LogP contribution in [0, 0.1) is 11.6 Å². The van der Waals surface area contributed by atoms with Gasteiger partial charge in [-0.05, 0) is 49.2 Å². The zero-order chi connectivity index (χ0) is 19.5. The highest BCUT2D eigenvalue weighted by Gasteiger charge is 2.23. The van der Waals surface area contributed by atoms with Gasteiger partial charge in [-0.25, -0.2) is 13.8 Å². The summed E-state index contributed by atoms with van der Waals surface area (Å²) < 4.78 is 26.9. The van der Waals surface area contributed by atoms with E-state index in [1.807, 2.05) is 6.07 Å². The van der Waals surface area contributed by atoms with Crippen LogP contribution in [-0.2, 0) is 6.54 Å². The molecule has 7 heteroatoms. The van der Waals surface area contributed by atoms with Gasteiger partial charge in [0.1, 0.15) is 17.5 Å². The second-order valence-corrected chi connectivity index (χ2v) is 7.11. The van der Waals surface area contributed by atoms with Crippen LogP contribution in [0.15, 0.2) is 53.6 Å². The number of halogens is 2. The van der Waals surface area contributed by atoms with Crippen LogP contribution >= 0.6 is 0 Å². The molecule has 144 valence electrons. The van der Waals surface area contributed by atoms with E-state index in [4.69, 9.17) is 0 Å². The molecule has 1 aliphatic heterocycles. The lowest BCUT2D eigenvalue weighted by Gasteiger charge is -2.32. The molecule has 1 aliphatic rings. The SMILES string of the molecule is O=c1cc(C2CCCN(Cc3cc(F)cc(F)c3)C2)nc(-c2cccnc2)[nH]1. The number of rotatable bonds is 4. The zero-order valence-electron chi connectivity index (χ0n) is 15.2. The Labute approximate surface area is 161 Å². The fraction of sp³-hybridized carbons (Fsp3) is 0.286. The first kappa shape index (κ1) is 18.4. The number of piperidine rings is 1. The summed E-state index contributed by atoms with van der Waals surface area (Å²) in [4.78, 5) is 25.8. The number of benzene rings is 1. The fourth-order valence-corrected chi connectivity index (χ4v) is 3.73. The molecule has 1 unspecified atom stereocenters. The van der Waals surface area contributed by atoms with E-state index < -0.39 is 11.6 Å². The number of nitrogens with zero attached hydrogens (tertiary/aromatic N) is 3. The van der Waals surface area contributed by atoms with Crippen LogP contribution in [0.1, 0.15) is 30.0 Å². The Balaban J connectivity index is 1.54. The first-order valence-electron chi connectivity index (χ1n) is 9.26. The number of nitrogens with one attached hydrogen (secondary N) is 1. The summed E-state index contributed by atoms with van der Waals surface area (Å²) in [5.41, 5.74) is 1.89. The lowest BCUT2D eigenvalue weighted by atomic mass is 9.94. The van der Waals surface area contributed by atoms with E-state index in [1.54, 1.807) is 18.5 Å². The summed E-state index contributed by atoms with van der Waals surface area (Å²) in [6, 6.07) is 8.78. The quantitative estimate of drug-likeness (QED) is 0.750. The Morgan fingerprint density at radius 3 is 2.75 bits per heavy atom. The summed E-state index contributed by atoms with van der Waals surface area (Å²) in [7, 11) is 0. The summed E-state index contributed by atoms with van der Waals surface area (Å²) in [5, 5.41) is 0. The van der Waals surface area contributed by atoms with Crippen LogP contribution in [-0.4, -0.2) is 32.9 Å². The number of aromatic nitrogens is 3. The van der Waals surface area contributed by atoms with Gasteiger partial charge in [0.05, 0.1) is 5.69 Å². The first-order chi connectivity index (χ1) is 13.6. The standard InChI is InChI=1S/C21H20F2N4O/c22-17-7-14(8-18(23)9-17)12-27-6-2-4-16(13-27)19-10-20(28)26-21(25-19)15-3-1-5-24-11-15/h1,3,5,7-11,16H,2,4,6,12-13H2,(H,25,26,28). The highest BCUT2D eigenvalue weighted by molar-refractivity contribution is 5.52. The van der Waals surface area contributed by atoms with E-state index in [-0.39, 0.29) is 11.5 Å². The summed E-state index contributed by atoms with van der Waals surface area (Å²) in [5.74, 6) is -0.549. The molecule has 1 N–H and O–H groups in total. The molecule has 0 saturated carbocycles. The molecule has 4 rings (SSSR count). The predicted molar refractivity (Wildman–Crippen MR) is 102 cm³/mol. The predicted octanol–water partition coefficient (Wildman–Crippen LogP) is 3.49. The minimum absolute atomic E-state index is 0.0878. The van der Waals surface area contributed by atoms with Crippen molar-refractivity contribution < 1.29 is 8.78 Å². The Hall–Kier alpha value is -2.93. The number of likely N-dealkylation sites (tertiary alicyclic amines) is 1. The molecule has 0 bridgehead atoms. The molecule has 0 spiro atoms. The molecule has 1 atom stereocenters. The molecule has 0 radical (unpaired) electrons. The summed E-state index contributed by atoms with van der Waals surface area (Å²) in [6.07, 6.45) is 5.17. The summed E-state index contributed by atoms with van der Waals surface area (Å²) in [6.45, 7) is 1.98. The van der Waals surface area contributed by atoms with Gasteiger partial charge in [0.25, 0.3) is 5.56 Å². The van der Waals surface area contributed by atoms with Crippen molar-refractivity contribution in [3.8, 4) is 11.4 Å². The number of H-pyrrole nitrogens is 1. The number of hydrogen-bond donors (Lipinski definition) is 1. The Morgan fingerprint density at radius 1 is 1.18 bits per heavy atom. The van der Waals surface area contributed by atoms with Gasteiger partial charge in [0.15, 0.2) is 0 Å². The highest BCUT2D eigenvalue weighted by atomic mass is 19.1. The second kappa shape index (κ2) is 7.98. The Bertz CT molecular complexity index is 1000. The molecule has 3 heterocycles. The van der Waals surface area contributed by atoms with Gasteiger partial charge < -0.3 is 4.98 Å². The van der Waals surface area contributed by atoms with Crippen LogP contribution in [0.25, 0.3) is 11.4 Å². The molecule has 1 aromatic carbocycles. The van der Waals surface area contributed by atoms with Crippen molar-refractivity contribution in [2.75, 3.05) is 13.1 Å². The van der Waals surface area contributed by atoms with Crippen LogP contribution in [0.5, 0.6) is 0 Å². The third-order valence-corrected chi connectivity index (χ3v) is 4.95. The van der Waals surface area contributed by atoms with Crippen molar-refractivity contribution in [3.05, 3.63) is 82.0 Å². The smallest absolute Gasteiger partial charge is 0.251 e. The third-order valence-electron chi connectivity index (χ3n) is 4.95. The zero-order valence-corrected chi connectivity index (χ0v) is 15.2. The number of hydrogen-bond acceptors (Lipinski definition) is 4. The summed E-state index contributed by atoms with van der Waals surface area (Å²) >= 11 is 0. The molecule has 2 aromatic heterocycles. The van der Waals surface area contributed by atoms with Crippen molar-refractivity contribution in [1.29, 1.82) is 0 Å². The highest BCUT2D eigenvalue weighted by Crippen LogP contribution is 2.27. The monoisotopic (exact) mass is 382 g/mol. The maximum atomic E-state index is 13.5. The molecular formula is C21H20F2N4O. The lowest BCUT2D eigenvalue weighted by Crippen LogP contribution is -2.34. The van der Waals surface area contributed by atoms with Gasteiger partial charge in [0, 0.05) is 49.1 Å². The van der Waals surface area contributed by atoms with Gasteiger partial charge in [-0.15, -0.1) is 0 Å². The molecule has 0 amide bonds. The third kappa shape index (κ3) is 4.31. The van der Waals surface area contributed by atoms with Crippen LogP contribution < -0.4 is 5.56 Å². The van der Waals surface area contributed by atoms with Crippen LogP contribution in [0.2, 0.25) is 0 Å². The maximum absolute atomic E-state index is 13.5. The van der Waals surface area contributed by atoms with Crippen LogP contribution in [0.4, 0.5) is 8.78 Å². The topological polar surface area (TPSA) is 61.9 Å². The normalized spacial score (nSPS) is 17.6.